The number of hydrogen-bond donors (Lipinski definition) is 3. The number of carbonyl (C=O) groups excluding carboxylic acids is 1. The van der Waals surface area contributed by atoms with E-state index in [0.717, 1.165) is 5.56 Å². The van der Waals surface area contributed by atoms with Gasteiger partial charge in [-0.2, -0.15) is 0 Å². The van der Waals surface area contributed by atoms with Gasteiger partial charge >= 0.3 is 0 Å². The van der Waals surface area contributed by atoms with Crippen LogP contribution < -0.4 is 11.1 Å². The molecule has 0 fully saturated rings. The van der Waals surface area contributed by atoms with E-state index >= 15 is 0 Å². The Bertz CT molecular complexity index is 416. The van der Waals surface area contributed by atoms with Crippen molar-refractivity contribution in [1.29, 1.82) is 0 Å². The molecule has 0 aliphatic heterocycles. The second-order valence-electron chi connectivity index (χ2n) is 6.11. The Morgan fingerprint density at radius 3 is 2.50 bits per heavy atom. The van der Waals surface area contributed by atoms with Crippen LogP contribution in [0.15, 0.2) is 30.3 Å². The lowest BCUT2D eigenvalue weighted by Crippen LogP contribution is -2.48. The molecule has 0 heterocycles. The second-order valence-corrected chi connectivity index (χ2v) is 6.11. The molecule has 1 amide bonds. The summed E-state index contributed by atoms with van der Waals surface area (Å²) in [6, 6.07) is 9.08. The summed E-state index contributed by atoms with van der Waals surface area (Å²) in [7, 11) is 0. The molecule has 4 nitrogen and oxygen atoms in total. The molecule has 0 saturated heterocycles. The molecule has 1 aromatic carbocycles. The number of nitrogens with one attached hydrogen (secondary N) is 1. The summed E-state index contributed by atoms with van der Waals surface area (Å²) in [5, 5.41) is 12.9. The Morgan fingerprint density at radius 1 is 1.35 bits per heavy atom. The minimum absolute atomic E-state index is 0.224. The van der Waals surface area contributed by atoms with Gasteiger partial charge in [-0.25, -0.2) is 0 Å². The molecule has 20 heavy (non-hydrogen) atoms. The summed E-state index contributed by atoms with van der Waals surface area (Å²) in [5.74, 6) is 0.151. The van der Waals surface area contributed by atoms with E-state index in [4.69, 9.17) is 5.73 Å². The molecular formula is C16H26N2O2. The highest BCUT2D eigenvalue weighted by atomic mass is 16.3. The summed E-state index contributed by atoms with van der Waals surface area (Å²) >= 11 is 0. The molecule has 0 saturated carbocycles. The van der Waals surface area contributed by atoms with E-state index in [1.807, 2.05) is 44.2 Å². The predicted octanol–water partition coefficient (Wildman–Crippen LogP) is 1.47. The summed E-state index contributed by atoms with van der Waals surface area (Å²) in [4.78, 5) is 11.9. The molecule has 1 aromatic rings. The van der Waals surface area contributed by atoms with Crippen LogP contribution in [0.3, 0.4) is 0 Å². The van der Waals surface area contributed by atoms with E-state index in [9.17, 15) is 9.90 Å². The van der Waals surface area contributed by atoms with Gasteiger partial charge in [-0.15, -0.1) is 0 Å². The Hall–Kier alpha value is -1.39. The summed E-state index contributed by atoms with van der Waals surface area (Å²) < 4.78 is 0. The van der Waals surface area contributed by atoms with Gasteiger partial charge in [-0.1, -0.05) is 44.2 Å². The van der Waals surface area contributed by atoms with Crippen LogP contribution in [0, 0.1) is 5.92 Å². The van der Waals surface area contributed by atoms with Crippen LogP contribution in [0.5, 0.6) is 0 Å². The fraction of sp³-hybridized carbons (Fsp3) is 0.562. The summed E-state index contributed by atoms with van der Waals surface area (Å²) in [5.41, 5.74) is 6.03. The topological polar surface area (TPSA) is 75.3 Å². The largest absolute Gasteiger partial charge is 0.388 e. The first-order valence-electron chi connectivity index (χ1n) is 7.10. The van der Waals surface area contributed by atoms with Crippen molar-refractivity contribution >= 4 is 5.91 Å². The van der Waals surface area contributed by atoms with Gasteiger partial charge in [0.15, 0.2) is 0 Å². The minimum atomic E-state index is -0.893. The van der Waals surface area contributed by atoms with Crippen LogP contribution in [-0.4, -0.2) is 29.2 Å². The molecule has 0 spiro atoms. The van der Waals surface area contributed by atoms with Crippen molar-refractivity contribution in [1.82, 2.24) is 5.32 Å². The molecule has 0 aromatic heterocycles. The Kier molecular flexibility index (Phi) is 6.17. The molecule has 1 rings (SSSR count). The maximum Gasteiger partial charge on any atom is 0.237 e. The minimum Gasteiger partial charge on any atom is -0.388 e. The number of nitrogens with two attached hydrogens (primary N) is 1. The van der Waals surface area contributed by atoms with Crippen molar-refractivity contribution in [2.75, 3.05) is 6.54 Å². The smallest absolute Gasteiger partial charge is 0.237 e. The van der Waals surface area contributed by atoms with Gasteiger partial charge in [0.05, 0.1) is 11.6 Å². The fourth-order valence-corrected chi connectivity index (χ4v) is 2.32. The summed E-state index contributed by atoms with van der Waals surface area (Å²) in [6.45, 7) is 6.04. The van der Waals surface area contributed by atoms with Crippen molar-refractivity contribution in [3.05, 3.63) is 35.9 Å². The van der Waals surface area contributed by atoms with Gasteiger partial charge < -0.3 is 16.2 Å². The van der Waals surface area contributed by atoms with Crippen LogP contribution in [-0.2, 0) is 11.2 Å². The first-order valence-corrected chi connectivity index (χ1v) is 7.10. The number of benzene rings is 1. The number of amides is 1. The maximum absolute atomic E-state index is 11.9. The van der Waals surface area contributed by atoms with Crippen LogP contribution in [0.1, 0.15) is 32.8 Å². The van der Waals surface area contributed by atoms with Crippen LogP contribution in [0.2, 0.25) is 0 Å². The Labute approximate surface area is 121 Å². The van der Waals surface area contributed by atoms with Crippen LogP contribution in [0.25, 0.3) is 0 Å². The Morgan fingerprint density at radius 2 is 1.95 bits per heavy atom. The van der Waals surface area contributed by atoms with Gasteiger partial charge in [-0.3, -0.25) is 4.79 Å². The van der Waals surface area contributed by atoms with E-state index < -0.39 is 11.6 Å². The van der Waals surface area contributed by atoms with Crippen molar-refractivity contribution in [2.24, 2.45) is 11.7 Å². The molecular weight excluding hydrogens is 252 g/mol. The second kappa shape index (κ2) is 7.41. The molecule has 112 valence electrons. The number of carbonyl (C=O) groups is 1. The quantitative estimate of drug-likeness (QED) is 0.707. The normalized spacial score (nSPS) is 15.7. The number of hydrogen-bond acceptors (Lipinski definition) is 3. The van der Waals surface area contributed by atoms with Gasteiger partial charge in [0.25, 0.3) is 0 Å². The highest BCUT2D eigenvalue weighted by Crippen LogP contribution is 2.15. The zero-order valence-corrected chi connectivity index (χ0v) is 12.6. The molecule has 4 N–H and O–H groups in total. The van der Waals surface area contributed by atoms with E-state index in [-0.39, 0.29) is 12.5 Å². The predicted molar refractivity (Wildman–Crippen MR) is 81.2 cm³/mol. The molecule has 0 bridgehead atoms. The fourth-order valence-electron chi connectivity index (χ4n) is 2.32. The van der Waals surface area contributed by atoms with E-state index in [1.54, 1.807) is 6.92 Å². The average molecular weight is 278 g/mol. The van der Waals surface area contributed by atoms with Crippen LogP contribution in [0.4, 0.5) is 0 Å². The highest BCUT2D eigenvalue weighted by molar-refractivity contribution is 5.81. The highest BCUT2D eigenvalue weighted by Gasteiger charge is 2.24. The third kappa shape index (κ3) is 6.17. The van der Waals surface area contributed by atoms with Crippen LogP contribution >= 0.6 is 0 Å². The van der Waals surface area contributed by atoms with E-state index in [1.165, 1.54) is 0 Å². The van der Waals surface area contributed by atoms with Gasteiger partial charge in [0.1, 0.15) is 0 Å². The zero-order chi connectivity index (χ0) is 15.2. The Balaban J connectivity index is 2.42. The lowest BCUT2D eigenvalue weighted by Gasteiger charge is -2.26. The monoisotopic (exact) mass is 278 g/mol. The lowest BCUT2D eigenvalue weighted by atomic mass is 9.94. The average Bonchev–Trinajstić information content (AvgIpc) is 2.35. The number of aliphatic hydroxyl groups is 1. The molecule has 0 aliphatic carbocycles. The third-order valence-electron chi connectivity index (χ3n) is 3.13. The van der Waals surface area contributed by atoms with E-state index in [2.05, 4.69) is 5.32 Å². The van der Waals surface area contributed by atoms with Gasteiger partial charge in [0, 0.05) is 6.54 Å². The first kappa shape index (κ1) is 16.7. The SMILES string of the molecule is CC(C)CC(C)(O)CNC(=O)C(N)Cc1ccccc1. The maximum atomic E-state index is 11.9. The molecule has 2 unspecified atom stereocenters. The number of rotatable bonds is 7. The standard InChI is InChI=1S/C16H26N2O2/c1-12(2)10-16(3,20)11-18-15(19)14(17)9-13-7-5-4-6-8-13/h4-8,12,14,20H,9-11,17H2,1-3H3,(H,18,19). The molecule has 4 heteroatoms. The third-order valence-corrected chi connectivity index (χ3v) is 3.13. The van der Waals surface area contributed by atoms with Crippen molar-refractivity contribution in [3.63, 3.8) is 0 Å². The van der Waals surface area contributed by atoms with Crippen molar-refractivity contribution < 1.29 is 9.90 Å². The summed E-state index contributed by atoms with van der Waals surface area (Å²) in [6.07, 6.45) is 1.14. The van der Waals surface area contributed by atoms with Crippen molar-refractivity contribution in [3.8, 4) is 0 Å². The zero-order valence-electron chi connectivity index (χ0n) is 12.6. The molecule has 0 aliphatic rings. The first-order chi connectivity index (χ1) is 9.30. The molecule has 0 radical (unpaired) electrons. The van der Waals surface area contributed by atoms with E-state index in [0.29, 0.717) is 18.8 Å². The van der Waals surface area contributed by atoms with Crippen molar-refractivity contribution in [2.45, 2.75) is 45.3 Å². The lowest BCUT2D eigenvalue weighted by molar-refractivity contribution is -0.123. The molecule has 2 atom stereocenters. The van der Waals surface area contributed by atoms with Gasteiger partial charge in [-0.05, 0) is 31.2 Å². The van der Waals surface area contributed by atoms with Gasteiger partial charge in [0.2, 0.25) is 5.91 Å².